The molecule has 2 aromatic heterocycles. The number of esters is 1. The molecule has 0 unspecified atom stereocenters. The van der Waals surface area contributed by atoms with E-state index >= 15 is 0 Å². The first kappa shape index (κ1) is 12.9. The number of carbonyl (C=O) groups is 1. The van der Waals surface area contributed by atoms with Crippen LogP contribution in [0.4, 0.5) is 11.5 Å². The summed E-state index contributed by atoms with van der Waals surface area (Å²) < 4.78 is 6.44. The number of aromatic nitrogens is 3. The Kier molecular flexibility index (Phi) is 3.65. The molecule has 0 atom stereocenters. The number of rotatable bonds is 4. The average molecular weight is 261 g/mol. The smallest absolute Gasteiger partial charge is 0.341 e. The maximum Gasteiger partial charge on any atom is 0.341 e. The third-order valence-electron chi connectivity index (χ3n) is 2.67. The van der Waals surface area contributed by atoms with Crippen LogP contribution < -0.4 is 11.1 Å². The number of nitrogens with zero attached hydrogens (tertiary/aromatic N) is 3. The van der Waals surface area contributed by atoms with E-state index in [1.165, 1.54) is 19.4 Å². The van der Waals surface area contributed by atoms with Gasteiger partial charge in [0.2, 0.25) is 0 Å². The molecule has 0 aliphatic rings. The Bertz CT molecular complexity index is 594. The average Bonchev–Trinajstić information content (AvgIpc) is 2.82. The van der Waals surface area contributed by atoms with E-state index in [0.717, 1.165) is 5.69 Å². The minimum Gasteiger partial charge on any atom is -0.465 e. The number of hydrogen-bond acceptors (Lipinski definition) is 6. The molecule has 0 amide bonds. The normalized spacial score (nSPS) is 10.2. The van der Waals surface area contributed by atoms with Crippen molar-refractivity contribution in [1.82, 2.24) is 14.8 Å². The summed E-state index contributed by atoms with van der Waals surface area (Å²) in [4.78, 5) is 15.7. The Morgan fingerprint density at radius 1 is 1.58 bits per heavy atom. The zero-order valence-corrected chi connectivity index (χ0v) is 10.8. The second-order valence-electron chi connectivity index (χ2n) is 3.96. The molecule has 0 fully saturated rings. The number of pyridine rings is 1. The number of hydrogen-bond donors (Lipinski definition) is 2. The molecule has 0 bridgehead atoms. The van der Waals surface area contributed by atoms with Crippen molar-refractivity contribution in [2.24, 2.45) is 7.05 Å². The number of methoxy groups -OCH3 is 1. The van der Waals surface area contributed by atoms with Crippen LogP contribution in [0.3, 0.4) is 0 Å². The van der Waals surface area contributed by atoms with Crippen molar-refractivity contribution in [2.75, 3.05) is 18.2 Å². The van der Waals surface area contributed by atoms with Gasteiger partial charge in [-0.05, 0) is 12.1 Å². The molecule has 0 saturated heterocycles. The van der Waals surface area contributed by atoms with Gasteiger partial charge < -0.3 is 15.8 Å². The first-order valence-electron chi connectivity index (χ1n) is 5.66. The van der Waals surface area contributed by atoms with E-state index in [-0.39, 0.29) is 0 Å². The van der Waals surface area contributed by atoms with Crippen molar-refractivity contribution in [3.8, 4) is 0 Å². The third-order valence-corrected chi connectivity index (χ3v) is 2.67. The lowest BCUT2D eigenvalue weighted by molar-refractivity contribution is 0.0601. The predicted octanol–water partition coefficient (Wildman–Crippen LogP) is 0.796. The van der Waals surface area contributed by atoms with Gasteiger partial charge in [0.25, 0.3) is 0 Å². The summed E-state index contributed by atoms with van der Waals surface area (Å²) in [5.74, 6) is -0.0467. The van der Waals surface area contributed by atoms with Crippen molar-refractivity contribution >= 4 is 17.5 Å². The van der Waals surface area contributed by atoms with Crippen LogP contribution >= 0.6 is 0 Å². The molecular weight excluding hydrogens is 246 g/mol. The maximum atomic E-state index is 11.6. The van der Waals surface area contributed by atoms with E-state index in [1.807, 2.05) is 13.1 Å². The first-order chi connectivity index (χ1) is 9.11. The van der Waals surface area contributed by atoms with Crippen LogP contribution in [0.5, 0.6) is 0 Å². The molecule has 19 heavy (non-hydrogen) atoms. The highest BCUT2D eigenvalue weighted by molar-refractivity contribution is 5.95. The Hall–Kier alpha value is -2.57. The molecule has 0 spiro atoms. The molecule has 7 nitrogen and oxygen atoms in total. The lowest BCUT2D eigenvalue weighted by Crippen LogP contribution is -2.12. The van der Waals surface area contributed by atoms with Gasteiger partial charge in [0.15, 0.2) is 0 Å². The molecule has 3 N–H and O–H groups in total. The van der Waals surface area contributed by atoms with Gasteiger partial charge in [-0.1, -0.05) is 0 Å². The summed E-state index contributed by atoms with van der Waals surface area (Å²) in [6.07, 6.45) is 3.19. The van der Waals surface area contributed by atoms with Gasteiger partial charge in [-0.25, -0.2) is 9.78 Å². The fraction of sp³-hybridized carbons (Fsp3) is 0.250. The summed E-state index contributed by atoms with van der Waals surface area (Å²) in [6.45, 7) is 0.497. The SMILES string of the molecule is COC(=O)c1cc(N)cnc1NCc1ccnn1C. The topological polar surface area (TPSA) is 95.1 Å². The minimum absolute atomic E-state index is 0.310. The minimum atomic E-state index is -0.479. The van der Waals surface area contributed by atoms with E-state index in [9.17, 15) is 4.79 Å². The highest BCUT2D eigenvalue weighted by Gasteiger charge is 2.14. The van der Waals surface area contributed by atoms with E-state index in [1.54, 1.807) is 10.9 Å². The molecule has 2 rings (SSSR count). The van der Waals surface area contributed by atoms with Crippen molar-refractivity contribution < 1.29 is 9.53 Å². The second kappa shape index (κ2) is 5.38. The van der Waals surface area contributed by atoms with Crippen LogP contribution in [0.1, 0.15) is 16.1 Å². The first-order valence-corrected chi connectivity index (χ1v) is 5.66. The number of nitrogens with two attached hydrogens (primary N) is 1. The van der Waals surface area contributed by atoms with E-state index in [4.69, 9.17) is 10.5 Å². The fourth-order valence-electron chi connectivity index (χ4n) is 1.64. The Morgan fingerprint density at radius 2 is 2.37 bits per heavy atom. The van der Waals surface area contributed by atoms with Crippen molar-refractivity contribution in [2.45, 2.75) is 6.54 Å². The molecule has 0 aliphatic carbocycles. The Labute approximate surface area is 110 Å². The van der Waals surface area contributed by atoms with E-state index in [0.29, 0.717) is 23.6 Å². The lowest BCUT2D eigenvalue weighted by Gasteiger charge is -2.10. The number of carbonyl (C=O) groups excluding carboxylic acids is 1. The number of anilines is 2. The molecule has 0 radical (unpaired) electrons. The number of aryl methyl sites for hydroxylation is 1. The zero-order valence-electron chi connectivity index (χ0n) is 10.8. The summed E-state index contributed by atoms with van der Waals surface area (Å²) in [7, 11) is 3.16. The number of ether oxygens (including phenoxy) is 1. The molecule has 0 aromatic carbocycles. The molecule has 7 heteroatoms. The summed E-state index contributed by atoms with van der Waals surface area (Å²) in [6, 6.07) is 3.41. The van der Waals surface area contributed by atoms with Crippen LogP contribution in [-0.2, 0) is 18.3 Å². The van der Waals surface area contributed by atoms with Gasteiger partial charge >= 0.3 is 5.97 Å². The van der Waals surface area contributed by atoms with Crippen LogP contribution in [0.2, 0.25) is 0 Å². The third kappa shape index (κ3) is 2.82. The van der Waals surface area contributed by atoms with Gasteiger partial charge in [-0.3, -0.25) is 4.68 Å². The molecule has 0 saturated carbocycles. The number of nitrogens with one attached hydrogen (secondary N) is 1. The predicted molar refractivity (Wildman–Crippen MR) is 70.5 cm³/mol. The summed E-state index contributed by atoms with van der Waals surface area (Å²) in [5.41, 5.74) is 7.31. The van der Waals surface area contributed by atoms with Crippen molar-refractivity contribution in [3.05, 3.63) is 35.8 Å². The van der Waals surface area contributed by atoms with Crippen LogP contribution in [-0.4, -0.2) is 27.8 Å². The molecule has 100 valence electrons. The van der Waals surface area contributed by atoms with Gasteiger partial charge in [-0.15, -0.1) is 0 Å². The fourth-order valence-corrected chi connectivity index (χ4v) is 1.64. The molecule has 0 aliphatic heterocycles. The highest BCUT2D eigenvalue weighted by Crippen LogP contribution is 2.17. The standard InChI is InChI=1S/C12H15N5O2/c1-17-9(3-4-16-17)7-15-11-10(12(18)19-2)5-8(13)6-14-11/h3-6H,7,13H2,1-2H3,(H,14,15). The van der Waals surface area contributed by atoms with E-state index in [2.05, 4.69) is 15.4 Å². The van der Waals surface area contributed by atoms with Gasteiger partial charge in [0.05, 0.1) is 31.2 Å². The molecule has 2 aromatic rings. The summed E-state index contributed by atoms with van der Waals surface area (Å²) in [5, 5.41) is 7.13. The second-order valence-corrected chi connectivity index (χ2v) is 3.96. The van der Waals surface area contributed by atoms with Crippen molar-refractivity contribution in [3.63, 3.8) is 0 Å². The molecular formula is C12H15N5O2. The van der Waals surface area contributed by atoms with Crippen LogP contribution in [0.15, 0.2) is 24.5 Å². The van der Waals surface area contributed by atoms with Crippen LogP contribution in [0.25, 0.3) is 0 Å². The van der Waals surface area contributed by atoms with Crippen LogP contribution in [0, 0.1) is 0 Å². The summed E-state index contributed by atoms with van der Waals surface area (Å²) >= 11 is 0. The van der Waals surface area contributed by atoms with E-state index < -0.39 is 5.97 Å². The van der Waals surface area contributed by atoms with Crippen molar-refractivity contribution in [1.29, 1.82) is 0 Å². The highest BCUT2D eigenvalue weighted by atomic mass is 16.5. The maximum absolute atomic E-state index is 11.6. The zero-order chi connectivity index (χ0) is 13.8. The lowest BCUT2D eigenvalue weighted by atomic mass is 10.2. The van der Waals surface area contributed by atoms with Gasteiger partial charge in [-0.2, -0.15) is 5.10 Å². The monoisotopic (exact) mass is 261 g/mol. The van der Waals surface area contributed by atoms with Gasteiger partial charge in [0.1, 0.15) is 11.4 Å². The Balaban J connectivity index is 2.20. The van der Waals surface area contributed by atoms with Gasteiger partial charge in [0, 0.05) is 13.2 Å². The largest absolute Gasteiger partial charge is 0.465 e. The molecule has 2 heterocycles. The quantitative estimate of drug-likeness (QED) is 0.790. The Morgan fingerprint density at radius 3 is 3.00 bits per heavy atom. The number of nitrogen functional groups attached to an aromatic ring is 1.